The van der Waals surface area contributed by atoms with E-state index in [2.05, 4.69) is 61.9 Å². The lowest BCUT2D eigenvalue weighted by molar-refractivity contribution is 0.304. The van der Waals surface area contributed by atoms with Gasteiger partial charge in [0.25, 0.3) is 0 Å². The van der Waals surface area contributed by atoms with Gasteiger partial charge in [-0.3, -0.25) is 4.99 Å². The van der Waals surface area contributed by atoms with Gasteiger partial charge in [0.2, 0.25) is 0 Å². The van der Waals surface area contributed by atoms with Gasteiger partial charge in [0, 0.05) is 5.69 Å². The van der Waals surface area contributed by atoms with E-state index in [4.69, 9.17) is 5.73 Å². The first-order valence-electron chi connectivity index (χ1n) is 7.60. The minimum absolute atomic E-state index is 0.0355. The van der Waals surface area contributed by atoms with Crippen molar-refractivity contribution in [1.82, 2.24) is 0 Å². The summed E-state index contributed by atoms with van der Waals surface area (Å²) < 4.78 is 0. The standard InChI is InChI=1S/C17H27N3/c1-13(2)10-17(11-14(3)4)12-19-16(18)20(17)15-8-6-5-7-9-15/h5-9,13-14H,10-12H2,1-4H3,(H2,18,19). The maximum absolute atomic E-state index is 6.21. The van der Waals surface area contributed by atoms with E-state index in [0.29, 0.717) is 17.8 Å². The van der Waals surface area contributed by atoms with Crippen LogP contribution in [0.25, 0.3) is 0 Å². The van der Waals surface area contributed by atoms with Crippen LogP contribution in [0.3, 0.4) is 0 Å². The molecule has 0 saturated heterocycles. The second-order valence-corrected chi connectivity index (χ2v) is 6.77. The molecule has 1 aliphatic rings. The van der Waals surface area contributed by atoms with Gasteiger partial charge in [-0.2, -0.15) is 0 Å². The molecule has 0 aromatic heterocycles. The predicted molar refractivity (Wildman–Crippen MR) is 87.1 cm³/mol. The van der Waals surface area contributed by atoms with Crippen molar-refractivity contribution in [3.63, 3.8) is 0 Å². The van der Waals surface area contributed by atoms with E-state index >= 15 is 0 Å². The first-order valence-corrected chi connectivity index (χ1v) is 7.60. The molecule has 3 heteroatoms. The molecule has 0 spiro atoms. The van der Waals surface area contributed by atoms with Crippen molar-refractivity contribution in [2.24, 2.45) is 22.6 Å². The van der Waals surface area contributed by atoms with Crippen LogP contribution in [-0.4, -0.2) is 18.0 Å². The highest BCUT2D eigenvalue weighted by Gasteiger charge is 2.43. The molecule has 0 aliphatic carbocycles. The molecule has 110 valence electrons. The third-order valence-corrected chi connectivity index (χ3v) is 3.83. The third-order valence-electron chi connectivity index (χ3n) is 3.83. The normalized spacial score (nSPS) is 17.9. The van der Waals surface area contributed by atoms with Crippen molar-refractivity contribution in [1.29, 1.82) is 0 Å². The summed E-state index contributed by atoms with van der Waals surface area (Å²) in [6, 6.07) is 10.4. The Bertz CT molecular complexity index is 452. The Hall–Kier alpha value is -1.51. The van der Waals surface area contributed by atoms with Crippen LogP contribution < -0.4 is 10.6 Å². The van der Waals surface area contributed by atoms with E-state index in [1.54, 1.807) is 0 Å². The topological polar surface area (TPSA) is 41.6 Å². The number of guanidine groups is 1. The number of hydrogen-bond donors (Lipinski definition) is 1. The number of hydrogen-bond acceptors (Lipinski definition) is 3. The summed E-state index contributed by atoms with van der Waals surface area (Å²) in [5.74, 6) is 1.92. The summed E-state index contributed by atoms with van der Waals surface area (Å²) in [6.07, 6.45) is 2.23. The quantitative estimate of drug-likeness (QED) is 0.889. The first-order chi connectivity index (χ1) is 9.44. The molecule has 2 rings (SSSR count). The van der Waals surface area contributed by atoms with Crippen molar-refractivity contribution in [2.75, 3.05) is 11.4 Å². The Kier molecular flexibility index (Phi) is 4.36. The van der Waals surface area contributed by atoms with Crippen molar-refractivity contribution in [2.45, 2.75) is 46.1 Å². The predicted octanol–water partition coefficient (Wildman–Crippen LogP) is 3.65. The molecular formula is C17H27N3. The highest BCUT2D eigenvalue weighted by molar-refractivity contribution is 5.98. The van der Waals surface area contributed by atoms with Crippen LogP contribution in [0, 0.1) is 11.8 Å². The van der Waals surface area contributed by atoms with E-state index < -0.39 is 0 Å². The number of benzene rings is 1. The summed E-state index contributed by atoms with van der Waals surface area (Å²) in [5.41, 5.74) is 7.41. The van der Waals surface area contributed by atoms with Crippen LogP contribution in [0.5, 0.6) is 0 Å². The van der Waals surface area contributed by atoms with Gasteiger partial charge < -0.3 is 10.6 Å². The van der Waals surface area contributed by atoms with Crippen LogP contribution in [0.15, 0.2) is 35.3 Å². The Labute approximate surface area is 122 Å². The van der Waals surface area contributed by atoms with Gasteiger partial charge >= 0.3 is 0 Å². The molecule has 20 heavy (non-hydrogen) atoms. The number of rotatable bonds is 5. The number of nitrogens with two attached hydrogens (primary N) is 1. The lowest BCUT2D eigenvalue weighted by Gasteiger charge is -2.41. The van der Waals surface area contributed by atoms with E-state index in [9.17, 15) is 0 Å². The molecule has 1 aliphatic heterocycles. The van der Waals surface area contributed by atoms with Crippen molar-refractivity contribution >= 4 is 11.6 Å². The average molecular weight is 273 g/mol. The van der Waals surface area contributed by atoms with E-state index in [1.165, 1.54) is 0 Å². The number of anilines is 1. The molecule has 1 aromatic rings. The molecule has 0 bridgehead atoms. The number of nitrogens with zero attached hydrogens (tertiary/aromatic N) is 2. The van der Waals surface area contributed by atoms with Crippen molar-refractivity contribution in [3.05, 3.63) is 30.3 Å². The van der Waals surface area contributed by atoms with Crippen LogP contribution in [-0.2, 0) is 0 Å². The highest BCUT2D eigenvalue weighted by Crippen LogP contribution is 2.38. The highest BCUT2D eigenvalue weighted by atomic mass is 15.4. The zero-order valence-electron chi connectivity index (χ0n) is 13.1. The smallest absolute Gasteiger partial charge is 0.196 e. The van der Waals surface area contributed by atoms with Crippen LogP contribution >= 0.6 is 0 Å². The molecule has 0 amide bonds. The minimum atomic E-state index is 0.0355. The monoisotopic (exact) mass is 273 g/mol. The molecule has 0 unspecified atom stereocenters. The van der Waals surface area contributed by atoms with Gasteiger partial charge in [0.1, 0.15) is 0 Å². The van der Waals surface area contributed by atoms with Crippen LogP contribution in [0.2, 0.25) is 0 Å². The van der Waals surface area contributed by atoms with Gasteiger partial charge in [-0.05, 0) is 36.8 Å². The lowest BCUT2D eigenvalue weighted by atomic mass is 9.81. The zero-order valence-corrected chi connectivity index (χ0v) is 13.1. The van der Waals surface area contributed by atoms with Crippen molar-refractivity contribution < 1.29 is 0 Å². The summed E-state index contributed by atoms with van der Waals surface area (Å²) in [6.45, 7) is 9.92. The summed E-state index contributed by atoms with van der Waals surface area (Å²) in [5, 5.41) is 0. The minimum Gasteiger partial charge on any atom is -0.369 e. The fourth-order valence-electron chi connectivity index (χ4n) is 3.51. The average Bonchev–Trinajstić information content (AvgIpc) is 2.65. The molecule has 0 saturated carbocycles. The second-order valence-electron chi connectivity index (χ2n) is 6.77. The summed E-state index contributed by atoms with van der Waals surface area (Å²) >= 11 is 0. The van der Waals surface area contributed by atoms with E-state index in [0.717, 1.165) is 25.1 Å². The van der Waals surface area contributed by atoms with Gasteiger partial charge in [-0.25, -0.2) is 0 Å². The summed E-state index contributed by atoms with van der Waals surface area (Å²) in [7, 11) is 0. The SMILES string of the molecule is CC(C)CC1(CC(C)C)CN=C(N)N1c1ccccc1. The molecule has 1 heterocycles. The van der Waals surface area contributed by atoms with E-state index in [-0.39, 0.29) is 5.54 Å². The molecule has 1 aromatic carbocycles. The van der Waals surface area contributed by atoms with E-state index in [1.807, 2.05) is 6.07 Å². The number of aliphatic imine (C=N–C) groups is 1. The molecule has 3 nitrogen and oxygen atoms in total. The van der Waals surface area contributed by atoms with Crippen molar-refractivity contribution in [3.8, 4) is 0 Å². The van der Waals surface area contributed by atoms with Gasteiger partial charge in [-0.15, -0.1) is 0 Å². The van der Waals surface area contributed by atoms with Crippen LogP contribution in [0.1, 0.15) is 40.5 Å². The fraction of sp³-hybridized carbons (Fsp3) is 0.588. The lowest BCUT2D eigenvalue weighted by Crippen LogP contribution is -2.53. The molecule has 0 radical (unpaired) electrons. The Morgan fingerprint density at radius 3 is 2.15 bits per heavy atom. The third kappa shape index (κ3) is 2.97. The fourth-order valence-corrected chi connectivity index (χ4v) is 3.51. The maximum atomic E-state index is 6.21. The molecule has 0 atom stereocenters. The van der Waals surface area contributed by atoms with Gasteiger partial charge in [0.05, 0.1) is 12.1 Å². The summed E-state index contributed by atoms with van der Waals surface area (Å²) in [4.78, 5) is 6.84. The molecular weight excluding hydrogens is 246 g/mol. The molecule has 0 fully saturated rings. The second kappa shape index (κ2) is 5.86. The zero-order chi connectivity index (χ0) is 14.8. The first kappa shape index (κ1) is 14.9. The largest absolute Gasteiger partial charge is 0.369 e. The van der Waals surface area contributed by atoms with Gasteiger partial charge in [0.15, 0.2) is 5.96 Å². The number of para-hydroxylation sites is 1. The van der Waals surface area contributed by atoms with Crippen LogP contribution in [0.4, 0.5) is 5.69 Å². The van der Waals surface area contributed by atoms with Gasteiger partial charge in [-0.1, -0.05) is 45.9 Å². The Morgan fingerprint density at radius 2 is 1.65 bits per heavy atom. The Morgan fingerprint density at radius 1 is 1.10 bits per heavy atom. The molecule has 2 N–H and O–H groups in total. The maximum Gasteiger partial charge on any atom is 0.196 e. The Balaban J connectivity index is 2.39.